The molecule has 17 heavy (non-hydrogen) atoms. The van der Waals surface area contributed by atoms with Gasteiger partial charge >= 0.3 is 0 Å². The minimum absolute atomic E-state index is 0.313. The number of benzene rings is 1. The summed E-state index contributed by atoms with van der Waals surface area (Å²) in [6, 6.07) is 4.75. The van der Waals surface area contributed by atoms with Gasteiger partial charge in [-0.1, -0.05) is 23.2 Å². The SMILES string of the molecule is CC(=NNC(=O)c1ccc(Cl)cc1Cl)C1CC1. The summed E-state index contributed by atoms with van der Waals surface area (Å²) in [5.74, 6) is 0.225. The van der Waals surface area contributed by atoms with Crippen LogP contribution < -0.4 is 5.43 Å². The number of hydrogen-bond acceptors (Lipinski definition) is 2. The number of amides is 1. The minimum Gasteiger partial charge on any atom is -0.267 e. The van der Waals surface area contributed by atoms with E-state index < -0.39 is 0 Å². The molecular weight excluding hydrogens is 259 g/mol. The standard InChI is InChI=1S/C12H12Cl2N2O/c1-7(8-2-3-8)15-16-12(17)10-5-4-9(13)6-11(10)14/h4-6,8H,2-3H2,1H3,(H,16,17). The van der Waals surface area contributed by atoms with Crippen LogP contribution >= 0.6 is 23.2 Å². The fraction of sp³-hybridized carbons (Fsp3) is 0.333. The third kappa shape index (κ3) is 3.20. The molecule has 1 aliphatic carbocycles. The molecule has 3 nitrogen and oxygen atoms in total. The molecule has 1 N–H and O–H groups in total. The summed E-state index contributed by atoms with van der Waals surface area (Å²) in [4.78, 5) is 11.8. The first kappa shape index (κ1) is 12.4. The van der Waals surface area contributed by atoms with E-state index in [1.165, 1.54) is 6.07 Å². The van der Waals surface area contributed by atoms with Crippen LogP contribution in [0, 0.1) is 5.92 Å². The number of rotatable bonds is 3. The van der Waals surface area contributed by atoms with Crippen molar-refractivity contribution in [2.24, 2.45) is 11.0 Å². The fourth-order valence-corrected chi connectivity index (χ4v) is 1.96. The number of carbonyl (C=O) groups excluding carboxylic acids is 1. The molecule has 0 aromatic heterocycles. The van der Waals surface area contributed by atoms with Crippen LogP contribution in [0.15, 0.2) is 23.3 Å². The lowest BCUT2D eigenvalue weighted by Crippen LogP contribution is -2.19. The van der Waals surface area contributed by atoms with E-state index in [4.69, 9.17) is 23.2 Å². The first-order valence-electron chi connectivity index (χ1n) is 5.37. The third-order valence-electron chi connectivity index (χ3n) is 2.68. The number of hydrogen-bond donors (Lipinski definition) is 1. The molecule has 1 saturated carbocycles. The van der Waals surface area contributed by atoms with Crippen molar-refractivity contribution in [3.8, 4) is 0 Å². The molecule has 5 heteroatoms. The van der Waals surface area contributed by atoms with Crippen LogP contribution in [0.3, 0.4) is 0 Å². The van der Waals surface area contributed by atoms with Crippen molar-refractivity contribution in [3.63, 3.8) is 0 Å². The number of halogens is 2. The van der Waals surface area contributed by atoms with Gasteiger partial charge in [0.15, 0.2) is 0 Å². The Morgan fingerprint density at radius 1 is 1.41 bits per heavy atom. The lowest BCUT2D eigenvalue weighted by Gasteiger charge is -2.04. The van der Waals surface area contributed by atoms with Crippen LogP contribution in [0.5, 0.6) is 0 Å². The van der Waals surface area contributed by atoms with Crippen molar-refractivity contribution in [2.75, 3.05) is 0 Å². The summed E-state index contributed by atoms with van der Waals surface area (Å²) < 4.78 is 0. The topological polar surface area (TPSA) is 41.5 Å². The highest BCUT2D eigenvalue weighted by Gasteiger charge is 2.24. The number of nitrogens with zero attached hydrogens (tertiary/aromatic N) is 1. The lowest BCUT2D eigenvalue weighted by atomic mass is 10.2. The van der Waals surface area contributed by atoms with Crippen LogP contribution in [0.2, 0.25) is 10.0 Å². The zero-order chi connectivity index (χ0) is 12.4. The molecular formula is C12H12Cl2N2O. The van der Waals surface area contributed by atoms with Gasteiger partial charge in [-0.15, -0.1) is 0 Å². The molecule has 1 aliphatic rings. The lowest BCUT2D eigenvalue weighted by molar-refractivity contribution is 0.0955. The van der Waals surface area contributed by atoms with Gasteiger partial charge in [-0.05, 0) is 43.9 Å². The van der Waals surface area contributed by atoms with Crippen LogP contribution in [0.1, 0.15) is 30.1 Å². The number of nitrogens with one attached hydrogen (secondary N) is 1. The molecule has 0 radical (unpaired) electrons. The Morgan fingerprint density at radius 3 is 2.71 bits per heavy atom. The van der Waals surface area contributed by atoms with E-state index in [1.54, 1.807) is 12.1 Å². The molecule has 0 heterocycles. The van der Waals surface area contributed by atoms with Gasteiger partial charge in [0.1, 0.15) is 0 Å². The molecule has 0 spiro atoms. The molecule has 0 bridgehead atoms. The molecule has 1 aromatic rings. The molecule has 1 amide bonds. The summed E-state index contributed by atoms with van der Waals surface area (Å²) in [6.45, 7) is 1.92. The predicted molar refractivity (Wildman–Crippen MR) is 69.8 cm³/mol. The van der Waals surface area contributed by atoms with Gasteiger partial charge in [0.25, 0.3) is 5.91 Å². The Bertz CT molecular complexity index is 481. The van der Waals surface area contributed by atoms with E-state index >= 15 is 0 Å². The van der Waals surface area contributed by atoms with Crippen molar-refractivity contribution >= 4 is 34.8 Å². The molecule has 1 fully saturated rings. The smallest absolute Gasteiger partial charge is 0.267 e. The van der Waals surface area contributed by atoms with E-state index in [2.05, 4.69) is 10.5 Å². The van der Waals surface area contributed by atoms with E-state index in [9.17, 15) is 4.79 Å². The van der Waals surface area contributed by atoms with Crippen molar-refractivity contribution in [3.05, 3.63) is 33.8 Å². The summed E-state index contributed by atoms with van der Waals surface area (Å²) in [5.41, 5.74) is 3.84. The Morgan fingerprint density at radius 2 is 2.12 bits per heavy atom. The number of carbonyl (C=O) groups is 1. The highest BCUT2D eigenvalue weighted by molar-refractivity contribution is 6.36. The second-order valence-electron chi connectivity index (χ2n) is 4.09. The second kappa shape index (κ2) is 5.07. The van der Waals surface area contributed by atoms with Gasteiger partial charge in [-0.3, -0.25) is 4.79 Å². The molecule has 1 aromatic carbocycles. The van der Waals surface area contributed by atoms with Crippen LogP contribution in [0.25, 0.3) is 0 Å². The molecule has 0 atom stereocenters. The van der Waals surface area contributed by atoms with Crippen LogP contribution in [-0.4, -0.2) is 11.6 Å². The van der Waals surface area contributed by atoms with Crippen molar-refractivity contribution < 1.29 is 4.79 Å². The average Bonchev–Trinajstić information content (AvgIpc) is 3.09. The summed E-state index contributed by atoms with van der Waals surface area (Å²) >= 11 is 11.7. The first-order chi connectivity index (χ1) is 8.08. The Kier molecular flexibility index (Phi) is 3.69. The molecule has 2 rings (SSSR count). The van der Waals surface area contributed by atoms with E-state index in [-0.39, 0.29) is 5.91 Å². The Labute approximate surface area is 110 Å². The molecule has 90 valence electrons. The van der Waals surface area contributed by atoms with Crippen molar-refractivity contribution in [2.45, 2.75) is 19.8 Å². The second-order valence-corrected chi connectivity index (χ2v) is 4.94. The maximum Gasteiger partial charge on any atom is 0.272 e. The zero-order valence-corrected chi connectivity index (χ0v) is 10.8. The maximum absolute atomic E-state index is 11.8. The predicted octanol–water partition coefficient (Wildman–Crippen LogP) is 3.51. The Balaban J connectivity index is 2.06. The van der Waals surface area contributed by atoms with Gasteiger partial charge < -0.3 is 0 Å². The highest BCUT2D eigenvalue weighted by atomic mass is 35.5. The monoisotopic (exact) mass is 270 g/mol. The summed E-state index contributed by atoms with van der Waals surface area (Å²) in [7, 11) is 0. The largest absolute Gasteiger partial charge is 0.272 e. The fourth-order valence-electron chi connectivity index (χ4n) is 1.47. The maximum atomic E-state index is 11.8. The van der Waals surface area contributed by atoms with E-state index in [0.29, 0.717) is 21.5 Å². The molecule has 0 unspecified atom stereocenters. The molecule has 0 aliphatic heterocycles. The van der Waals surface area contributed by atoms with E-state index in [0.717, 1.165) is 18.6 Å². The van der Waals surface area contributed by atoms with Gasteiger partial charge in [0.2, 0.25) is 0 Å². The number of hydrazone groups is 1. The normalized spacial score (nSPS) is 15.8. The minimum atomic E-state index is -0.313. The quantitative estimate of drug-likeness (QED) is 0.663. The Hall–Kier alpha value is -1.06. The highest BCUT2D eigenvalue weighted by Crippen LogP contribution is 2.30. The summed E-state index contributed by atoms with van der Waals surface area (Å²) in [5, 5.41) is 4.88. The average molecular weight is 271 g/mol. The van der Waals surface area contributed by atoms with Gasteiger partial charge in [0.05, 0.1) is 10.6 Å². The summed E-state index contributed by atoms with van der Waals surface area (Å²) in [6.07, 6.45) is 2.32. The van der Waals surface area contributed by atoms with Crippen LogP contribution in [-0.2, 0) is 0 Å². The van der Waals surface area contributed by atoms with Crippen molar-refractivity contribution in [1.82, 2.24) is 5.43 Å². The zero-order valence-electron chi connectivity index (χ0n) is 9.34. The van der Waals surface area contributed by atoms with Crippen LogP contribution in [0.4, 0.5) is 0 Å². The van der Waals surface area contributed by atoms with Crippen molar-refractivity contribution in [1.29, 1.82) is 0 Å². The van der Waals surface area contributed by atoms with Gasteiger partial charge in [0, 0.05) is 10.7 Å². The van der Waals surface area contributed by atoms with Gasteiger partial charge in [-0.2, -0.15) is 5.10 Å². The molecule has 0 saturated heterocycles. The van der Waals surface area contributed by atoms with E-state index in [1.807, 2.05) is 6.92 Å². The first-order valence-corrected chi connectivity index (χ1v) is 6.13. The third-order valence-corrected chi connectivity index (χ3v) is 3.23. The van der Waals surface area contributed by atoms with Gasteiger partial charge in [-0.25, -0.2) is 5.43 Å².